The van der Waals surface area contributed by atoms with Gasteiger partial charge in [0.15, 0.2) is 0 Å². The number of hydrogen-bond acceptors (Lipinski definition) is 3. The highest BCUT2D eigenvalue weighted by molar-refractivity contribution is 9.10. The van der Waals surface area contributed by atoms with Crippen molar-refractivity contribution >= 4 is 45.3 Å². The maximum atomic E-state index is 12.4. The number of carbonyl (C=O) groups is 2. The lowest BCUT2D eigenvalue weighted by atomic mass is 9.98. The van der Waals surface area contributed by atoms with E-state index in [1.54, 1.807) is 0 Å². The quantitative estimate of drug-likeness (QED) is 0.477. The molecular weight excluding hydrogens is 458 g/mol. The summed E-state index contributed by atoms with van der Waals surface area (Å²) in [6.45, 7) is 0.136. The molecule has 0 fully saturated rings. The van der Waals surface area contributed by atoms with Gasteiger partial charge in [0.1, 0.15) is 6.61 Å². The van der Waals surface area contributed by atoms with Crippen molar-refractivity contribution in [2.75, 3.05) is 11.9 Å². The highest BCUT2D eigenvalue weighted by atomic mass is 79.9. The highest BCUT2D eigenvalue weighted by Gasteiger charge is 2.29. The number of fused-ring (bicyclic) bond motifs is 3. The van der Waals surface area contributed by atoms with Gasteiger partial charge in [-0.05, 0) is 50.3 Å². The Morgan fingerprint density at radius 1 is 1.03 bits per heavy atom. The number of aromatic carboxylic acids is 1. The molecule has 0 spiro atoms. The van der Waals surface area contributed by atoms with E-state index < -0.39 is 12.1 Å². The molecule has 0 saturated carbocycles. The summed E-state index contributed by atoms with van der Waals surface area (Å²) >= 11 is 9.19. The van der Waals surface area contributed by atoms with Gasteiger partial charge in [0.25, 0.3) is 0 Å². The molecule has 29 heavy (non-hydrogen) atoms. The zero-order valence-corrected chi connectivity index (χ0v) is 17.3. The van der Waals surface area contributed by atoms with E-state index in [0.29, 0.717) is 4.47 Å². The first-order valence-corrected chi connectivity index (χ1v) is 9.97. The van der Waals surface area contributed by atoms with Gasteiger partial charge in [0, 0.05) is 10.4 Å². The molecule has 5 nitrogen and oxygen atoms in total. The maximum Gasteiger partial charge on any atom is 0.411 e. The van der Waals surface area contributed by atoms with Crippen molar-refractivity contribution in [2.24, 2.45) is 0 Å². The second-order valence-electron chi connectivity index (χ2n) is 6.57. The fraction of sp³-hybridized carbons (Fsp3) is 0.0909. The lowest BCUT2D eigenvalue weighted by molar-refractivity contribution is 0.0698. The van der Waals surface area contributed by atoms with Crippen molar-refractivity contribution in [2.45, 2.75) is 5.92 Å². The third-order valence-electron chi connectivity index (χ3n) is 4.87. The first kappa shape index (κ1) is 19.5. The number of nitrogens with one attached hydrogen (secondary N) is 1. The number of carboxylic acid groups (broad SMARTS) is 1. The Balaban J connectivity index is 1.53. The summed E-state index contributed by atoms with van der Waals surface area (Å²) in [5.41, 5.74) is 4.44. The zero-order chi connectivity index (χ0) is 20.5. The SMILES string of the molecule is O=C(Nc1cc(Br)c(Cl)cc1C(=O)O)OCC1c2ccccc2-c2ccccc21. The largest absolute Gasteiger partial charge is 0.478 e. The van der Waals surface area contributed by atoms with Crippen LogP contribution in [0, 0.1) is 0 Å². The molecule has 1 amide bonds. The molecule has 1 aliphatic carbocycles. The van der Waals surface area contributed by atoms with Crippen LogP contribution < -0.4 is 5.32 Å². The van der Waals surface area contributed by atoms with E-state index in [1.807, 2.05) is 36.4 Å². The summed E-state index contributed by atoms with van der Waals surface area (Å²) in [7, 11) is 0. The maximum absolute atomic E-state index is 12.4. The summed E-state index contributed by atoms with van der Waals surface area (Å²) in [6.07, 6.45) is -0.733. The van der Waals surface area contributed by atoms with Crippen molar-refractivity contribution in [3.8, 4) is 11.1 Å². The summed E-state index contributed by atoms with van der Waals surface area (Å²) in [6, 6.07) is 18.8. The third kappa shape index (κ3) is 3.73. The van der Waals surface area contributed by atoms with Crippen LogP contribution in [0.3, 0.4) is 0 Å². The number of carbonyl (C=O) groups excluding carboxylic acids is 1. The van der Waals surface area contributed by atoms with Gasteiger partial charge in [0.2, 0.25) is 0 Å². The standard InChI is InChI=1S/C22H15BrClNO4/c23-18-10-20(16(21(26)27)9-19(18)24)25-22(28)29-11-17-14-7-3-1-5-12(14)13-6-2-4-8-15(13)17/h1-10,17H,11H2,(H,25,28)(H,26,27). The van der Waals surface area contributed by atoms with Crippen LogP contribution in [0.25, 0.3) is 11.1 Å². The van der Waals surface area contributed by atoms with Crippen molar-refractivity contribution in [1.82, 2.24) is 0 Å². The van der Waals surface area contributed by atoms with Gasteiger partial charge in [-0.2, -0.15) is 0 Å². The molecule has 0 atom stereocenters. The van der Waals surface area contributed by atoms with Crippen LogP contribution >= 0.6 is 27.5 Å². The summed E-state index contributed by atoms with van der Waals surface area (Å²) in [5, 5.41) is 12.1. The fourth-order valence-electron chi connectivity index (χ4n) is 3.57. The second-order valence-corrected chi connectivity index (χ2v) is 7.83. The van der Waals surface area contributed by atoms with Gasteiger partial charge in [-0.1, -0.05) is 60.1 Å². The van der Waals surface area contributed by atoms with Gasteiger partial charge < -0.3 is 9.84 Å². The molecule has 3 aromatic carbocycles. The summed E-state index contributed by atoms with van der Waals surface area (Å²) in [5.74, 6) is -1.28. The number of hydrogen-bond donors (Lipinski definition) is 2. The lowest BCUT2D eigenvalue weighted by Gasteiger charge is -2.15. The Kier molecular flexibility index (Phi) is 5.30. The molecule has 0 unspecified atom stereocenters. The van der Waals surface area contributed by atoms with Crippen LogP contribution in [0.5, 0.6) is 0 Å². The number of halogens is 2. The van der Waals surface area contributed by atoms with Gasteiger partial charge in [-0.25, -0.2) is 9.59 Å². The van der Waals surface area contributed by atoms with Crippen LogP contribution in [0.15, 0.2) is 65.1 Å². The number of ether oxygens (including phenoxy) is 1. The molecular formula is C22H15BrClNO4. The van der Waals surface area contributed by atoms with E-state index in [1.165, 1.54) is 12.1 Å². The van der Waals surface area contributed by atoms with E-state index in [2.05, 4.69) is 33.4 Å². The van der Waals surface area contributed by atoms with Crippen LogP contribution in [0.1, 0.15) is 27.4 Å². The smallest absolute Gasteiger partial charge is 0.411 e. The van der Waals surface area contributed by atoms with Gasteiger partial charge in [-0.15, -0.1) is 0 Å². The number of amides is 1. The number of rotatable bonds is 4. The van der Waals surface area contributed by atoms with Gasteiger partial charge >= 0.3 is 12.1 Å². The first-order valence-electron chi connectivity index (χ1n) is 8.80. The monoisotopic (exact) mass is 471 g/mol. The van der Waals surface area contributed by atoms with Gasteiger partial charge in [0.05, 0.1) is 16.3 Å². The predicted molar refractivity (Wildman–Crippen MR) is 115 cm³/mol. The minimum atomic E-state index is -1.20. The molecule has 1 aliphatic rings. The lowest BCUT2D eigenvalue weighted by Crippen LogP contribution is -2.19. The minimum absolute atomic E-state index is 0.0796. The van der Waals surface area contributed by atoms with Crippen LogP contribution in [0.4, 0.5) is 10.5 Å². The average Bonchev–Trinajstić information content (AvgIpc) is 3.03. The molecule has 0 heterocycles. The Labute approximate surface area is 180 Å². The Hall–Kier alpha value is -2.83. The number of benzene rings is 3. The number of carboxylic acids is 1. The molecule has 2 N–H and O–H groups in total. The zero-order valence-electron chi connectivity index (χ0n) is 15.0. The van der Waals surface area contributed by atoms with Crippen molar-refractivity contribution in [1.29, 1.82) is 0 Å². The summed E-state index contributed by atoms with van der Waals surface area (Å²) in [4.78, 5) is 23.8. The Bertz CT molecular complexity index is 1090. The Morgan fingerprint density at radius 3 is 2.21 bits per heavy atom. The third-order valence-corrected chi connectivity index (χ3v) is 6.07. The fourth-order valence-corrected chi connectivity index (χ4v) is 4.08. The normalized spacial score (nSPS) is 12.2. The van der Waals surface area contributed by atoms with E-state index in [4.69, 9.17) is 16.3 Å². The van der Waals surface area contributed by atoms with E-state index in [-0.39, 0.29) is 28.8 Å². The van der Waals surface area contributed by atoms with Gasteiger partial charge in [-0.3, -0.25) is 5.32 Å². The van der Waals surface area contributed by atoms with Crippen LogP contribution in [0.2, 0.25) is 5.02 Å². The Morgan fingerprint density at radius 2 is 1.62 bits per heavy atom. The molecule has 7 heteroatoms. The molecule has 0 aliphatic heterocycles. The number of anilines is 1. The second kappa shape index (κ2) is 7.89. The molecule has 0 saturated heterocycles. The van der Waals surface area contributed by atoms with E-state index >= 15 is 0 Å². The molecule has 3 aromatic rings. The molecule has 146 valence electrons. The van der Waals surface area contributed by atoms with E-state index in [0.717, 1.165) is 22.3 Å². The first-order chi connectivity index (χ1) is 14.0. The molecule has 0 aromatic heterocycles. The molecule has 4 rings (SSSR count). The average molecular weight is 473 g/mol. The van der Waals surface area contributed by atoms with E-state index in [9.17, 15) is 14.7 Å². The molecule has 0 bridgehead atoms. The van der Waals surface area contributed by atoms with Crippen molar-refractivity contribution in [3.63, 3.8) is 0 Å². The van der Waals surface area contributed by atoms with Crippen LogP contribution in [-0.4, -0.2) is 23.8 Å². The highest BCUT2D eigenvalue weighted by Crippen LogP contribution is 2.44. The van der Waals surface area contributed by atoms with Crippen molar-refractivity contribution < 1.29 is 19.4 Å². The van der Waals surface area contributed by atoms with Crippen LogP contribution in [-0.2, 0) is 4.74 Å². The topological polar surface area (TPSA) is 75.6 Å². The molecule has 0 radical (unpaired) electrons. The summed E-state index contributed by atoms with van der Waals surface area (Å²) < 4.78 is 5.93. The minimum Gasteiger partial charge on any atom is -0.478 e. The predicted octanol–water partition coefficient (Wildman–Crippen LogP) is 6.16. The van der Waals surface area contributed by atoms with Crippen molar-refractivity contribution in [3.05, 3.63) is 86.8 Å².